The number of rotatable bonds is 7. The molecule has 2 aromatic heterocycles. The van der Waals surface area contributed by atoms with Crippen molar-refractivity contribution in [2.45, 2.75) is 51.0 Å². The lowest BCUT2D eigenvalue weighted by molar-refractivity contribution is 0.0981. The van der Waals surface area contributed by atoms with Crippen LogP contribution >= 0.6 is 11.3 Å². The van der Waals surface area contributed by atoms with Gasteiger partial charge in [-0.1, -0.05) is 30.3 Å². The van der Waals surface area contributed by atoms with Gasteiger partial charge in [-0.05, 0) is 92.0 Å². The highest BCUT2D eigenvalue weighted by Crippen LogP contribution is 2.47. The Kier molecular flexibility index (Phi) is 7.68. The molecule has 1 saturated heterocycles. The van der Waals surface area contributed by atoms with E-state index in [0.29, 0.717) is 41.6 Å². The molecular formula is C35H35FN4O3S. The first-order valence-electron chi connectivity index (χ1n) is 15.3. The molecule has 7 rings (SSSR count). The number of carbonyl (C=O) groups is 2. The number of nitrogens with zero attached hydrogens (tertiary/aromatic N) is 3. The quantitative estimate of drug-likeness (QED) is 0.240. The van der Waals surface area contributed by atoms with Crippen molar-refractivity contribution in [1.82, 2.24) is 4.98 Å². The molecular weight excluding hydrogens is 575 g/mol. The van der Waals surface area contributed by atoms with Crippen LogP contribution in [-0.4, -0.2) is 49.6 Å². The zero-order chi connectivity index (χ0) is 30.4. The predicted molar refractivity (Wildman–Crippen MR) is 173 cm³/mol. The van der Waals surface area contributed by atoms with Gasteiger partial charge in [0.2, 0.25) is 0 Å². The van der Waals surface area contributed by atoms with Crippen molar-refractivity contribution in [3.63, 3.8) is 0 Å². The highest BCUT2D eigenvalue weighted by atomic mass is 32.1. The number of carbonyl (C=O) groups excluding carboxylic acids is 2. The first kappa shape index (κ1) is 28.7. The number of ether oxygens (including phenoxy) is 1. The van der Waals surface area contributed by atoms with E-state index in [0.717, 1.165) is 59.7 Å². The number of hydrogen-bond acceptors (Lipinski definition) is 6. The van der Waals surface area contributed by atoms with Gasteiger partial charge in [0.1, 0.15) is 17.3 Å². The topological polar surface area (TPSA) is 74.8 Å². The number of nitrogens with one attached hydrogen (secondary N) is 1. The third-order valence-corrected chi connectivity index (χ3v) is 10.1. The van der Waals surface area contributed by atoms with Gasteiger partial charge in [0, 0.05) is 30.6 Å². The molecule has 226 valence electrons. The normalized spacial score (nSPS) is 17.7. The van der Waals surface area contributed by atoms with Gasteiger partial charge in [0.25, 0.3) is 11.8 Å². The Morgan fingerprint density at radius 3 is 2.70 bits per heavy atom. The van der Waals surface area contributed by atoms with Crippen molar-refractivity contribution in [3.05, 3.63) is 93.7 Å². The van der Waals surface area contributed by atoms with Crippen LogP contribution in [0.3, 0.4) is 0 Å². The van der Waals surface area contributed by atoms with Gasteiger partial charge in [-0.2, -0.15) is 0 Å². The molecule has 4 heterocycles. The Morgan fingerprint density at radius 2 is 1.91 bits per heavy atom. The van der Waals surface area contributed by atoms with E-state index >= 15 is 0 Å². The number of amides is 2. The zero-order valence-corrected chi connectivity index (χ0v) is 25.8. The number of thiophene rings is 1. The summed E-state index contributed by atoms with van der Waals surface area (Å²) < 4.78 is 19.9. The maximum atomic E-state index is 14.5. The number of hydrogen-bond donors (Lipinski definition) is 1. The number of methoxy groups -OCH3 is 1. The number of anilines is 3. The molecule has 4 aromatic rings. The van der Waals surface area contributed by atoms with E-state index in [-0.39, 0.29) is 23.5 Å². The predicted octanol–water partition coefficient (Wildman–Crippen LogP) is 7.21. The molecule has 2 aromatic carbocycles. The van der Waals surface area contributed by atoms with Crippen molar-refractivity contribution in [1.29, 1.82) is 0 Å². The maximum absolute atomic E-state index is 14.5. The van der Waals surface area contributed by atoms with Crippen molar-refractivity contribution < 1.29 is 18.7 Å². The van der Waals surface area contributed by atoms with Crippen molar-refractivity contribution >= 4 is 40.3 Å². The second kappa shape index (κ2) is 11.8. The minimum Gasteiger partial charge on any atom is -0.383 e. The summed E-state index contributed by atoms with van der Waals surface area (Å²) in [7, 11) is 1.72. The van der Waals surface area contributed by atoms with E-state index in [9.17, 15) is 14.0 Å². The van der Waals surface area contributed by atoms with Gasteiger partial charge in [-0.25, -0.2) is 9.37 Å². The van der Waals surface area contributed by atoms with Crippen LogP contribution < -0.4 is 15.1 Å². The Hall–Kier alpha value is -4.08. The fourth-order valence-electron chi connectivity index (χ4n) is 6.46. The number of fused-ring (bicyclic) bond motifs is 3. The third-order valence-electron chi connectivity index (χ3n) is 8.93. The molecule has 1 N–H and O–H groups in total. The Bertz CT molecular complexity index is 1730. The number of benzene rings is 2. The van der Waals surface area contributed by atoms with E-state index in [4.69, 9.17) is 9.72 Å². The summed E-state index contributed by atoms with van der Waals surface area (Å²) in [6.07, 6.45) is 5.00. The molecule has 2 fully saturated rings. The van der Waals surface area contributed by atoms with Crippen LogP contribution in [0.15, 0.2) is 60.7 Å². The third kappa shape index (κ3) is 5.39. The standard InChI is InChI=1S/C35H35FN4O3S/c1-21-6-3-8-27(36)32(21)38-34(41)30-19-24-15-17-40(29-18-23(22-11-12-22)13-14-26(29)33(24)44-30)35(42)28-9-4-10-31(37-28)39-16-5-7-25(39)20-43-2/h3-4,6,8-10,13-14,18-19,22,25H,5,7,11-12,15-17,20H2,1-2H3,(H,38,41)/t25-/m1/s1. The lowest BCUT2D eigenvalue weighted by Crippen LogP contribution is -2.35. The summed E-state index contributed by atoms with van der Waals surface area (Å²) in [5, 5.41) is 2.78. The molecule has 0 radical (unpaired) electrons. The summed E-state index contributed by atoms with van der Waals surface area (Å²) in [6.45, 7) is 3.75. The average Bonchev–Trinajstić information content (AvgIpc) is 3.67. The highest BCUT2D eigenvalue weighted by Gasteiger charge is 2.32. The number of aromatic nitrogens is 1. The van der Waals surface area contributed by atoms with E-state index in [2.05, 4.69) is 28.4 Å². The molecule has 1 atom stereocenters. The summed E-state index contributed by atoms with van der Waals surface area (Å²) in [5.41, 5.74) is 5.29. The molecule has 1 aliphatic carbocycles. The Labute approximate surface area is 260 Å². The lowest BCUT2D eigenvalue weighted by atomic mass is 10.0. The van der Waals surface area contributed by atoms with Gasteiger partial charge < -0.3 is 19.9 Å². The second-order valence-corrected chi connectivity index (χ2v) is 13.0. The van der Waals surface area contributed by atoms with Gasteiger partial charge in [-0.3, -0.25) is 9.59 Å². The largest absolute Gasteiger partial charge is 0.383 e. The molecule has 3 aliphatic rings. The van der Waals surface area contributed by atoms with E-state index in [1.807, 2.05) is 23.1 Å². The first-order valence-corrected chi connectivity index (χ1v) is 16.1. The fraction of sp³-hybridized carbons (Fsp3) is 0.343. The van der Waals surface area contributed by atoms with Crippen LogP contribution in [0.25, 0.3) is 10.4 Å². The Morgan fingerprint density at radius 1 is 1.07 bits per heavy atom. The molecule has 2 aliphatic heterocycles. The second-order valence-electron chi connectivity index (χ2n) is 11.9. The van der Waals surface area contributed by atoms with E-state index in [1.165, 1.54) is 23.0 Å². The minimum absolute atomic E-state index is 0.133. The van der Waals surface area contributed by atoms with Crippen LogP contribution in [0.5, 0.6) is 0 Å². The molecule has 9 heteroatoms. The van der Waals surface area contributed by atoms with Crippen LogP contribution in [0.1, 0.15) is 68.5 Å². The highest BCUT2D eigenvalue weighted by molar-refractivity contribution is 7.17. The van der Waals surface area contributed by atoms with Crippen LogP contribution in [0, 0.1) is 12.7 Å². The van der Waals surface area contributed by atoms with Crippen molar-refractivity contribution in [2.75, 3.05) is 41.9 Å². The molecule has 0 spiro atoms. The number of para-hydroxylation sites is 1. The molecule has 0 unspecified atom stereocenters. The van der Waals surface area contributed by atoms with Crippen LogP contribution in [-0.2, 0) is 11.2 Å². The van der Waals surface area contributed by atoms with Crippen molar-refractivity contribution in [2.24, 2.45) is 0 Å². The van der Waals surface area contributed by atoms with E-state index < -0.39 is 5.82 Å². The van der Waals surface area contributed by atoms with Gasteiger partial charge >= 0.3 is 0 Å². The van der Waals surface area contributed by atoms with Crippen LogP contribution in [0.4, 0.5) is 21.6 Å². The first-order chi connectivity index (χ1) is 21.4. The molecule has 2 amide bonds. The summed E-state index contributed by atoms with van der Waals surface area (Å²) in [5.74, 6) is 0.391. The van der Waals surface area contributed by atoms with Crippen LogP contribution in [0.2, 0.25) is 0 Å². The minimum atomic E-state index is -0.458. The monoisotopic (exact) mass is 610 g/mol. The smallest absolute Gasteiger partial charge is 0.276 e. The molecule has 7 nitrogen and oxygen atoms in total. The zero-order valence-electron chi connectivity index (χ0n) is 24.9. The summed E-state index contributed by atoms with van der Waals surface area (Å²) in [4.78, 5) is 38.0. The van der Waals surface area contributed by atoms with Gasteiger partial charge in [-0.15, -0.1) is 11.3 Å². The van der Waals surface area contributed by atoms with Crippen molar-refractivity contribution in [3.8, 4) is 10.4 Å². The Balaban J connectivity index is 1.22. The SMILES string of the molecule is COC[C@H]1CCCN1c1cccc(C(=O)N2CCc3cc(C(=O)Nc4c(C)cccc4F)sc3-c3ccc(C4CC4)cc32)n1. The lowest BCUT2D eigenvalue weighted by Gasteiger charge is -2.27. The number of pyridine rings is 1. The number of aryl methyl sites for hydroxylation is 1. The average molecular weight is 611 g/mol. The molecule has 1 saturated carbocycles. The maximum Gasteiger partial charge on any atom is 0.276 e. The van der Waals surface area contributed by atoms with Gasteiger partial charge in [0.15, 0.2) is 0 Å². The summed E-state index contributed by atoms with van der Waals surface area (Å²) in [6, 6.07) is 19.0. The molecule has 0 bridgehead atoms. The van der Waals surface area contributed by atoms with E-state index in [1.54, 1.807) is 32.2 Å². The summed E-state index contributed by atoms with van der Waals surface area (Å²) >= 11 is 1.39. The van der Waals surface area contributed by atoms with Gasteiger partial charge in [0.05, 0.1) is 28.9 Å². The molecule has 44 heavy (non-hydrogen) atoms. The number of halogens is 1. The fourth-order valence-corrected chi connectivity index (χ4v) is 7.60.